The largest absolute Gasteiger partial charge is 0.481 e. The summed E-state index contributed by atoms with van der Waals surface area (Å²) in [6, 6.07) is -0.337. The Balaban J connectivity index is 2.54. The van der Waals surface area contributed by atoms with Gasteiger partial charge in [0.25, 0.3) is 11.8 Å². The Morgan fingerprint density at radius 3 is 2.47 bits per heavy atom. The molecule has 0 aromatic carbocycles. The minimum Gasteiger partial charge on any atom is -0.481 e. The zero-order chi connectivity index (χ0) is 14.3. The van der Waals surface area contributed by atoms with Gasteiger partial charge in [0.2, 0.25) is 0 Å². The normalized spacial score (nSPS) is 14.2. The molecule has 100 valence electrons. The van der Waals surface area contributed by atoms with Crippen molar-refractivity contribution in [3.63, 3.8) is 0 Å². The second-order valence-corrected chi connectivity index (χ2v) is 4.39. The van der Waals surface area contributed by atoms with Gasteiger partial charge in [-0.1, -0.05) is 0 Å². The van der Waals surface area contributed by atoms with E-state index in [0.717, 1.165) is 4.90 Å². The number of nitrogens with zero attached hydrogens (tertiary/aromatic N) is 3. The highest BCUT2D eigenvalue weighted by molar-refractivity contribution is 6.22. The number of fused-ring (bicyclic) bond motifs is 1. The second-order valence-electron chi connectivity index (χ2n) is 4.39. The standard InChI is InChI=1S/C11H12N4O4/c1-4(2)15-10(18)7-8(11(15)19)13-5(3-6(16)17)14-9(7)12/h4H,3H2,1-2H3,(H,16,17)(H2,12,13,14). The summed E-state index contributed by atoms with van der Waals surface area (Å²) in [4.78, 5) is 43.3. The van der Waals surface area contributed by atoms with Crippen molar-refractivity contribution in [3.05, 3.63) is 17.1 Å². The number of carbonyl (C=O) groups is 3. The second kappa shape index (κ2) is 4.30. The molecule has 0 unspecified atom stereocenters. The van der Waals surface area contributed by atoms with E-state index in [1.165, 1.54) is 0 Å². The van der Waals surface area contributed by atoms with E-state index in [1.54, 1.807) is 13.8 Å². The Hall–Kier alpha value is -2.51. The Kier molecular flexibility index (Phi) is 2.93. The molecule has 8 nitrogen and oxygen atoms in total. The summed E-state index contributed by atoms with van der Waals surface area (Å²) in [7, 11) is 0. The SMILES string of the molecule is CC(C)N1C(=O)c2nc(CC(=O)O)nc(N)c2C1=O. The van der Waals surface area contributed by atoms with E-state index < -0.39 is 24.2 Å². The lowest BCUT2D eigenvalue weighted by Crippen LogP contribution is -2.36. The van der Waals surface area contributed by atoms with Gasteiger partial charge in [0.05, 0.1) is 0 Å². The number of imide groups is 1. The number of nitrogen functional groups attached to an aromatic ring is 1. The van der Waals surface area contributed by atoms with Crippen LogP contribution < -0.4 is 5.73 Å². The summed E-state index contributed by atoms with van der Waals surface area (Å²) in [6.07, 6.45) is -0.458. The molecular weight excluding hydrogens is 252 g/mol. The van der Waals surface area contributed by atoms with E-state index in [9.17, 15) is 14.4 Å². The predicted octanol–water partition coefficient (Wildman–Crippen LogP) is -0.310. The molecular formula is C11H12N4O4. The Morgan fingerprint density at radius 2 is 1.95 bits per heavy atom. The van der Waals surface area contributed by atoms with Gasteiger partial charge in [0.15, 0.2) is 0 Å². The first-order chi connectivity index (χ1) is 8.82. The van der Waals surface area contributed by atoms with Gasteiger partial charge in [-0.05, 0) is 13.8 Å². The predicted molar refractivity (Wildman–Crippen MR) is 63.4 cm³/mol. The fourth-order valence-electron chi connectivity index (χ4n) is 1.90. The van der Waals surface area contributed by atoms with Gasteiger partial charge in [-0.3, -0.25) is 19.3 Å². The highest BCUT2D eigenvalue weighted by Gasteiger charge is 2.41. The molecule has 2 amide bonds. The molecule has 2 rings (SSSR count). The molecule has 0 fully saturated rings. The van der Waals surface area contributed by atoms with Crippen LogP contribution in [0.4, 0.5) is 5.82 Å². The van der Waals surface area contributed by atoms with Gasteiger partial charge < -0.3 is 10.8 Å². The molecule has 1 aromatic rings. The molecule has 0 spiro atoms. The maximum absolute atomic E-state index is 12.1. The Labute approximate surface area is 108 Å². The molecule has 0 radical (unpaired) electrons. The monoisotopic (exact) mass is 264 g/mol. The van der Waals surface area contributed by atoms with E-state index in [0.29, 0.717) is 0 Å². The Bertz CT molecular complexity index is 597. The van der Waals surface area contributed by atoms with Crippen molar-refractivity contribution in [2.75, 3.05) is 5.73 Å². The van der Waals surface area contributed by atoms with Crippen molar-refractivity contribution < 1.29 is 19.5 Å². The third kappa shape index (κ3) is 2.01. The number of aromatic nitrogens is 2. The third-order valence-corrected chi connectivity index (χ3v) is 2.66. The molecule has 0 bridgehead atoms. The van der Waals surface area contributed by atoms with Crippen LogP contribution >= 0.6 is 0 Å². The summed E-state index contributed by atoms with van der Waals surface area (Å²) >= 11 is 0. The van der Waals surface area contributed by atoms with Crippen LogP contribution in [0, 0.1) is 0 Å². The minimum absolute atomic E-state index is 0.0483. The number of anilines is 1. The van der Waals surface area contributed by atoms with Crippen LogP contribution in [-0.4, -0.2) is 43.8 Å². The molecule has 0 atom stereocenters. The lowest BCUT2D eigenvalue weighted by atomic mass is 10.2. The van der Waals surface area contributed by atoms with Crippen LogP contribution in [-0.2, 0) is 11.2 Å². The number of nitrogens with two attached hydrogens (primary N) is 1. The number of hydrogen-bond acceptors (Lipinski definition) is 6. The topological polar surface area (TPSA) is 126 Å². The maximum atomic E-state index is 12.1. The molecule has 0 saturated carbocycles. The van der Waals surface area contributed by atoms with E-state index in [-0.39, 0.29) is 28.9 Å². The lowest BCUT2D eigenvalue weighted by molar-refractivity contribution is -0.136. The van der Waals surface area contributed by atoms with E-state index in [4.69, 9.17) is 10.8 Å². The summed E-state index contributed by atoms with van der Waals surface area (Å²) in [6.45, 7) is 3.37. The molecule has 0 saturated heterocycles. The van der Waals surface area contributed by atoms with Crippen LogP contribution in [0.5, 0.6) is 0 Å². The van der Waals surface area contributed by atoms with Gasteiger partial charge >= 0.3 is 5.97 Å². The number of aliphatic carboxylic acids is 1. The summed E-state index contributed by atoms with van der Waals surface area (Å²) in [5.41, 5.74) is 5.45. The van der Waals surface area contributed by atoms with Crippen LogP contribution in [0.15, 0.2) is 0 Å². The average Bonchev–Trinajstić information content (AvgIpc) is 2.50. The number of hydrogen-bond donors (Lipinski definition) is 2. The van der Waals surface area contributed by atoms with E-state index >= 15 is 0 Å². The van der Waals surface area contributed by atoms with Gasteiger partial charge in [0, 0.05) is 6.04 Å². The van der Waals surface area contributed by atoms with Crippen LogP contribution in [0.3, 0.4) is 0 Å². The number of carboxylic acid groups (broad SMARTS) is 1. The van der Waals surface area contributed by atoms with Gasteiger partial charge in [-0.15, -0.1) is 0 Å². The average molecular weight is 264 g/mol. The van der Waals surface area contributed by atoms with E-state index in [1.807, 2.05) is 0 Å². The third-order valence-electron chi connectivity index (χ3n) is 2.66. The van der Waals surface area contributed by atoms with Gasteiger partial charge in [-0.25, -0.2) is 9.97 Å². The first kappa shape index (κ1) is 12.9. The summed E-state index contributed by atoms with van der Waals surface area (Å²) < 4.78 is 0. The van der Waals surface area contributed by atoms with Crippen molar-refractivity contribution in [2.24, 2.45) is 0 Å². The van der Waals surface area contributed by atoms with Crippen molar-refractivity contribution >= 4 is 23.6 Å². The lowest BCUT2D eigenvalue weighted by Gasteiger charge is -2.17. The zero-order valence-electron chi connectivity index (χ0n) is 10.4. The number of rotatable bonds is 3. The number of carbonyl (C=O) groups excluding carboxylic acids is 2. The first-order valence-electron chi connectivity index (χ1n) is 5.59. The Morgan fingerprint density at radius 1 is 1.32 bits per heavy atom. The fourth-order valence-corrected chi connectivity index (χ4v) is 1.90. The van der Waals surface area contributed by atoms with Gasteiger partial charge in [-0.2, -0.15) is 0 Å². The molecule has 2 heterocycles. The van der Waals surface area contributed by atoms with Crippen molar-refractivity contribution in [2.45, 2.75) is 26.3 Å². The highest BCUT2D eigenvalue weighted by Crippen LogP contribution is 2.26. The summed E-state index contributed by atoms with van der Waals surface area (Å²) in [5, 5.41) is 8.68. The summed E-state index contributed by atoms with van der Waals surface area (Å²) in [5.74, 6) is -2.51. The molecule has 1 aliphatic heterocycles. The molecule has 0 aliphatic carbocycles. The van der Waals surface area contributed by atoms with Crippen molar-refractivity contribution in [3.8, 4) is 0 Å². The van der Waals surface area contributed by atoms with Crippen LogP contribution in [0.25, 0.3) is 0 Å². The molecule has 8 heteroatoms. The van der Waals surface area contributed by atoms with Crippen molar-refractivity contribution in [1.29, 1.82) is 0 Å². The molecule has 1 aromatic heterocycles. The molecule has 19 heavy (non-hydrogen) atoms. The quantitative estimate of drug-likeness (QED) is 0.717. The van der Waals surface area contributed by atoms with Crippen LogP contribution in [0.2, 0.25) is 0 Å². The first-order valence-corrected chi connectivity index (χ1v) is 5.59. The van der Waals surface area contributed by atoms with E-state index in [2.05, 4.69) is 9.97 Å². The highest BCUT2D eigenvalue weighted by atomic mass is 16.4. The minimum atomic E-state index is -1.14. The number of carboxylic acids is 1. The van der Waals surface area contributed by atoms with Crippen molar-refractivity contribution in [1.82, 2.24) is 14.9 Å². The zero-order valence-corrected chi connectivity index (χ0v) is 10.4. The van der Waals surface area contributed by atoms with Crippen LogP contribution in [0.1, 0.15) is 40.5 Å². The maximum Gasteiger partial charge on any atom is 0.311 e. The number of amides is 2. The van der Waals surface area contributed by atoms with Gasteiger partial charge in [0.1, 0.15) is 29.3 Å². The fraction of sp³-hybridized carbons (Fsp3) is 0.364. The molecule has 3 N–H and O–H groups in total. The smallest absolute Gasteiger partial charge is 0.311 e. The molecule has 1 aliphatic rings.